The second-order valence-corrected chi connectivity index (χ2v) is 5.53. The van der Waals surface area contributed by atoms with Gasteiger partial charge in [-0.2, -0.15) is 0 Å². The molecule has 1 aromatic heterocycles. The van der Waals surface area contributed by atoms with E-state index in [1.165, 1.54) is 0 Å². The molecule has 1 amide bonds. The van der Waals surface area contributed by atoms with Crippen LogP contribution in [0.3, 0.4) is 0 Å². The summed E-state index contributed by atoms with van der Waals surface area (Å²) in [5, 5.41) is 0. The van der Waals surface area contributed by atoms with E-state index in [-0.39, 0.29) is 11.9 Å². The maximum Gasteiger partial charge on any atom is 0.244 e. The fourth-order valence-corrected chi connectivity index (χ4v) is 2.29. The first kappa shape index (κ1) is 12.5. The van der Waals surface area contributed by atoms with Crippen LogP contribution in [0.15, 0.2) is 12.4 Å². The van der Waals surface area contributed by atoms with Gasteiger partial charge in [-0.25, -0.2) is 9.97 Å². The molecule has 0 aromatic carbocycles. The topological polar surface area (TPSA) is 49.3 Å². The van der Waals surface area contributed by atoms with Crippen LogP contribution in [0.5, 0.6) is 0 Å². The van der Waals surface area contributed by atoms with Gasteiger partial charge in [0.1, 0.15) is 6.04 Å². The number of amides is 1. The van der Waals surface area contributed by atoms with E-state index >= 15 is 0 Å². The van der Waals surface area contributed by atoms with Gasteiger partial charge in [0, 0.05) is 36.6 Å². The van der Waals surface area contributed by atoms with Crippen molar-refractivity contribution >= 4 is 34.4 Å². The van der Waals surface area contributed by atoms with Crippen molar-refractivity contribution in [2.24, 2.45) is 0 Å². The van der Waals surface area contributed by atoms with Crippen molar-refractivity contribution in [3.05, 3.63) is 16.0 Å². The van der Waals surface area contributed by atoms with E-state index in [1.807, 2.05) is 4.90 Å². The third-order valence-electron chi connectivity index (χ3n) is 2.84. The first-order valence-electron chi connectivity index (χ1n) is 5.55. The van der Waals surface area contributed by atoms with E-state index in [2.05, 4.69) is 32.6 Å². The van der Waals surface area contributed by atoms with Crippen molar-refractivity contribution in [1.29, 1.82) is 0 Å². The molecule has 1 aromatic rings. The summed E-state index contributed by atoms with van der Waals surface area (Å²) in [6.45, 7) is 0.852. The molecule has 1 saturated heterocycles. The van der Waals surface area contributed by atoms with Crippen molar-refractivity contribution < 1.29 is 4.79 Å². The van der Waals surface area contributed by atoms with Crippen LogP contribution in [-0.4, -0.2) is 47.5 Å². The van der Waals surface area contributed by atoms with Crippen molar-refractivity contribution in [1.82, 2.24) is 14.9 Å². The normalized spacial score (nSPS) is 19.5. The molecule has 0 radical (unpaired) electrons. The molecule has 0 aliphatic carbocycles. The van der Waals surface area contributed by atoms with Gasteiger partial charge in [0.15, 0.2) is 0 Å². The smallest absolute Gasteiger partial charge is 0.244 e. The lowest BCUT2D eigenvalue weighted by molar-refractivity contribution is -0.129. The van der Waals surface area contributed by atoms with Gasteiger partial charge < -0.3 is 9.80 Å². The summed E-state index contributed by atoms with van der Waals surface area (Å²) >= 11 is 2.17. The predicted octanol–water partition coefficient (Wildman–Crippen LogP) is 1.14. The molecule has 1 aliphatic heterocycles. The summed E-state index contributed by atoms with van der Waals surface area (Å²) in [5.74, 6) is 0.785. The molecule has 0 N–H and O–H groups in total. The summed E-state index contributed by atoms with van der Waals surface area (Å²) in [6.07, 6.45) is 5.45. The highest BCUT2D eigenvalue weighted by molar-refractivity contribution is 14.1. The largest absolute Gasteiger partial charge is 0.347 e. The quantitative estimate of drug-likeness (QED) is 0.754. The second-order valence-electron chi connectivity index (χ2n) is 4.29. The Morgan fingerprint density at radius 2 is 2.12 bits per heavy atom. The maximum atomic E-state index is 12.0. The Kier molecular flexibility index (Phi) is 3.80. The highest BCUT2D eigenvalue weighted by Gasteiger charge is 2.33. The van der Waals surface area contributed by atoms with Crippen molar-refractivity contribution in [2.75, 3.05) is 25.5 Å². The molecule has 92 valence electrons. The van der Waals surface area contributed by atoms with Gasteiger partial charge >= 0.3 is 0 Å². The van der Waals surface area contributed by atoms with E-state index in [1.54, 1.807) is 31.4 Å². The van der Waals surface area contributed by atoms with Crippen LogP contribution in [0.25, 0.3) is 0 Å². The number of hydrogen-bond acceptors (Lipinski definition) is 4. The van der Waals surface area contributed by atoms with E-state index in [4.69, 9.17) is 0 Å². The lowest BCUT2D eigenvalue weighted by Gasteiger charge is -2.25. The lowest BCUT2D eigenvalue weighted by atomic mass is 10.2. The fourth-order valence-electron chi connectivity index (χ4n) is 2.01. The zero-order valence-electron chi connectivity index (χ0n) is 9.93. The summed E-state index contributed by atoms with van der Waals surface area (Å²) in [4.78, 5) is 24.2. The minimum Gasteiger partial charge on any atom is -0.347 e. The van der Waals surface area contributed by atoms with Gasteiger partial charge in [0.25, 0.3) is 0 Å². The molecule has 0 bridgehead atoms. The SMILES string of the molecule is CN(C)C(=O)C1CCCN1c1ncc(I)cn1. The van der Waals surface area contributed by atoms with E-state index < -0.39 is 0 Å². The third-order valence-corrected chi connectivity index (χ3v) is 3.40. The third kappa shape index (κ3) is 2.67. The number of rotatable bonds is 2. The Labute approximate surface area is 114 Å². The Bertz CT molecular complexity index is 406. The predicted molar refractivity (Wildman–Crippen MR) is 73.8 cm³/mol. The molecule has 1 fully saturated rings. The average molecular weight is 346 g/mol. The average Bonchev–Trinajstić information content (AvgIpc) is 2.77. The molecule has 0 saturated carbocycles. The summed E-state index contributed by atoms with van der Waals surface area (Å²) < 4.78 is 1.00. The molecular weight excluding hydrogens is 331 g/mol. The first-order valence-corrected chi connectivity index (χ1v) is 6.63. The maximum absolute atomic E-state index is 12.0. The molecule has 2 heterocycles. The molecule has 2 rings (SSSR count). The number of carbonyl (C=O) groups excluding carboxylic acids is 1. The molecule has 0 spiro atoms. The van der Waals surface area contributed by atoms with Crippen molar-refractivity contribution in [2.45, 2.75) is 18.9 Å². The van der Waals surface area contributed by atoms with Crippen LogP contribution in [-0.2, 0) is 4.79 Å². The van der Waals surface area contributed by atoms with Crippen LogP contribution in [0.2, 0.25) is 0 Å². The van der Waals surface area contributed by atoms with Gasteiger partial charge in [-0.1, -0.05) is 0 Å². The molecule has 5 nitrogen and oxygen atoms in total. The van der Waals surface area contributed by atoms with Gasteiger partial charge in [0.2, 0.25) is 11.9 Å². The molecule has 17 heavy (non-hydrogen) atoms. The zero-order chi connectivity index (χ0) is 12.4. The number of halogens is 1. The molecule has 1 atom stereocenters. The summed E-state index contributed by atoms with van der Waals surface area (Å²) in [7, 11) is 3.57. The minimum absolute atomic E-state index is 0.106. The monoisotopic (exact) mass is 346 g/mol. The number of carbonyl (C=O) groups is 1. The van der Waals surface area contributed by atoms with Crippen LogP contribution in [0.4, 0.5) is 5.95 Å². The number of hydrogen-bond donors (Lipinski definition) is 0. The van der Waals surface area contributed by atoms with Crippen LogP contribution < -0.4 is 4.90 Å². The number of nitrogens with zero attached hydrogens (tertiary/aromatic N) is 4. The van der Waals surface area contributed by atoms with Crippen molar-refractivity contribution in [3.8, 4) is 0 Å². The van der Waals surface area contributed by atoms with Gasteiger partial charge in [-0.15, -0.1) is 0 Å². The molecule has 6 heteroatoms. The Morgan fingerprint density at radius 1 is 1.47 bits per heavy atom. The zero-order valence-corrected chi connectivity index (χ0v) is 12.1. The highest BCUT2D eigenvalue weighted by Crippen LogP contribution is 2.23. The minimum atomic E-state index is -0.106. The Morgan fingerprint density at radius 3 is 2.71 bits per heavy atom. The number of anilines is 1. The lowest BCUT2D eigenvalue weighted by Crippen LogP contribution is -2.43. The number of likely N-dealkylation sites (N-methyl/N-ethyl adjacent to an activating group) is 1. The molecule has 1 aliphatic rings. The standard InChI is InChI=1S/C11H15IN4O/c1-15(2)10(17)9-4-3-5-16(9)11-13-6-8(12)7-14-11/h6-7,9H,3-5H2,1-2H3. The summed E-state index contributed by atoms with van der Waals surface area (Å²) in [5.41, 5.74) is 0. The van der Waals surface area contributed by atoms with E-state index in [9.17, 15) is 4.79 Å². The van der Waals surface area contributed by atoms with Crippen molar-refractivity contribution in [3.63, 3.8) is 0 Å². The van der Waals surface area contributed by atoms with Crippen LogP contribution >= 0.6 is 22.6 Å². The Hall–Kier alpha value is -0.920. The van der Waals surface area contributed by atoms with Gasteiger partial charge in [0.05, 0.1) is 0 Å². The highest BCUT2D eigenvalue weighted by atomic mass is 127. The number of aromatic nitrogens is 2. The van der Waals surface area contributed by atoms with Crippen LogP contribution in [0.1, 0.15) is 12.8 Å². The molecular formula is C11H15IN4O. The second kappa shape index (κ2) is 5.16. The van der Waals surface area contributed by atoms with Gasteiger partial charge in [-0.05, 0) is 35.4 Å². The first-order chi connectivity index (χ1) is 8.09. The Balaban J connectivity index is 2.20. The van der Waals surface area contributed by atoms with E-state index in [0.717, 1.165) is 23.0 Å². The summed E-state index contributed by atoms with van der Waals surface area (Å²) in [6, 6.07) is -0.106. The van der Waals surface area contributed by atoms with E-state index in [0.29, 0.717) is 5.95 Å². The van der Waals surface area contributed by atoms with Crippen LogP contribution in [0, 0.1) is 3.57 Å². The fraction of sp³-hybridized carbons (Fsp3) is 0.545. The van der Waals surface area contributed by atoms with Gasteiger partial charge in [-0.3, -0.25) is 4.79 Å². The molecule has 1 unspecified atom stereocenters.